The van der Waals surface area contributed by atoms with Gasteiger partial charge in [0.2, 0.25) is 0 Å². The summed E-state index contributed by atoms with van der Waals surface area (Å²) in [6, 6.07) is 4.01. The topological polar surface area (TPSA) is 48.9 Å². The highest BCUT2D eigenvalue weighted by Crippen LogP contribution is 2.23. The molecule has 0 unspecified atom stereocenters. The SMILES string of the molecule is Cc1cc(Br)c2nc(CO)[nH]c2c1. The Morgan fingerprint density at radius 1 is 1.54 bits per heavy atom. The molecule has 68 valence electrons. The number of halogens is 1. The van der Waals surface area contributed by atoms with Crippen LogP contribution in [0.15, 0.2) is 16.6 Å². The van der Waals surface area contributed by atoms with E-state index in [9.17, 15) is 0 Å². The number of nitrogens with one attached hydrogen (secondary N) is 1. The van der Waals surface area contributed by atoms with Crippen molar-refractivity contribution in [3.63, 3.8) is 0 Å². The van der Waals surface area contributed by atoms with E-state index in [-0.39, 0.29) is 6.61 Å². The van der Waals surface area contributed by atoms with Crippen molar-refractivity contribution in [3.05, 3.63) is 28.0 Å². The predicted molar refractivity (Wildman–Crippen MR) is 54.5 cm³/mol. The number of nitrogens with zero attached hydrogens (tertiary/aromatic N) is 1. The lowest BCUT2D eigenvalue weighted by atomic mass is 10.2. The van der Waals surface area contributed by atoms with Crippen LogP contribution in [0.3, 0.4) is 0 Å². The van der Waals surface area contributed by atoms with E-state index in [4.69, 9.17) is 5.11 Å². The average molecular weight is 241 g/mol. The van der Waals surface area contributed by atoms with Crippen molar-refractivity contribution >= 4 is 27.0 Å². The number of imidazole rings is 1. The molecule has 13 heavy (non-hydrogen) atoms. The summed E-state index contributed by atoms with van der Waals surface area (Å²) in [6.45, 7) is 1.96. The Hall–Kier alpha value is -0.870. The zero-order valence-electron chi connectivity index (χ0n) is 7.13. The molecule has 3 nitrogen and oxygen atoms in total. The monoisotopic (exact) mass is 240 g/mol. The molecule has 2 aromatic rings. The molecular formula is C9H9BrN2O. The molecule has 1 aromatic heterocycles. The van der Waals surface area contributed by atoms with E-state index in [2.05, 4.69) is 25.9 Å². The predicted octanol–water partition coefficient (Wildman–Crippen LogP) is 2.13. The highest BCUT2D eigenvalue weighted by Gasteiger charge is 2.05. The molecule has 1 heterocycles. The highest BCUT2D eigenvalue weighted by molar-refractivity contribution is 9.10. The Kier molecular flexibility index (Phi) is 2.09. The lowest BCUT2D eigenvalue weighted by Crippen LogP contribution is -1.83. The second-order valence-electron chi connectivity index (χ2n) is 2.98. The average Bonchev–Trinajstić information content (AvgIpc) is 2.47. The first-order chi connectivity index (χ1) is 6.20. The van der Waals surface area contributed by atoms with Crippen molar-refractivity contribution in [3.8, 4) is 0 Å². The first-order valence-corrected chi connectivity index (χ1v) is 4.75. The fourth-order valence-corrected chi connectivity index (χ4v) is 2.00. The largest absolute Gasteiger partial charge is 0.388 e. The molecular weight excluding hydrogens is 232 g/mol. The van der Waals surface area contributed by atoms with E-state index in [1.165, 1.54) is 0 Å². The Morgan fingerprint density at radius 2 is 2.31 bits per heavy atom. The van der Waals surface area contributed by atoms with Crippen LogP contribution in [0, 0.1) is 6.92 Å². The molecule has 0 saturated heterocycles. The number of rotatable bonds is 1. The Morgan fingerprint density at radius 3 is 3.00 bits per heavy atom. The molecule has 0 aliphatic heterocycles. The third-order valence-corrected chi connectivity index (χ3v) is 2.49. The molecule has 0 aliphatic carbocycles. The number of hydrogen-bond donors (Lipinski definition) is 2. The number of aryl methyl sites for hydroxylation is 1. The second-order valence-corrected chi connectivity index (χ2v) is 3.84. The summed E-state index contributed by atoms with van der Waals surface area (Å²) in [6.07, 6.45) is 0. The number of fused-ring (bicyclic) bond motifs is 1. The maximum absolute atomic E-state index is 8.89. The summed E-state index contributed by atoms with van der Waals surface area (Å²) in [4.78, 5) is 7.26. The van der Waals surface area contributed by atoms with Crippen LogP contribution in [-0.2, 0) is 6.61 Å². The molecule has 0 fully saturated rings. The number of H-pyrrole nitrogens is 1. The number of hydrogen-bond acceptors (Lipinski definition) is 2. The van der Waals surface area contributed by atoms with Gasteiger partial charge in [0.15, 0.2) is 0 Å². The minimum atomic E-state index is -0.0554. The van der Waals surface area contributed by atoms with Gasteiger partial charge in [-0.25, -0.2) is 4.98 Å². The van der Waals surface area contributed by atoms with Gasteiger partial charge in [-0.05, 0) is 40.5 Å². The van der Waals surface area contributed by atoms with Gasteiger partial charge >= 0.3 is 0 Å². The molecule has 1 aromatic carbocycles. The van der Waals surface area contributed by atoms with Gasteiger partial charge in [-0.1, -0.05) is 0 Å². The third kappa shape index (κ3) is 1.47. The number of aromatic amines is 1. The Bertz CT molecular complexity index is 450. The number of aliphatic hydroxyl groups is 1. The fourth-order valence-electron chi connectivity index (χ4n) is 1.34. The molecule has 0 saturated carbocycles. The van der Waals surface area contributed by atoms with Gasteiger partial charge in [-0.3, -0.25) is 0 Å². The van der Waals surface area contributed by atoms with Crippen LogP contribution in [-0.4, -0.2) is 15.1 Å². The van der Waals surface area contributed by atoms with Crippen molar-refractivity contribution in [2.24, 2.45) is 0 Å². The third-order valence-electron chi connectivity index (χ3n) is 1.88. The molecule has 4 heteroatoms. The summed E-state index contributed by atoms with van der Waals surface area (Å²) in [5.41, 5.74) is 2.98. The Balaban J connectivity index is 2.75. The molecule has 0 aliphatic rings. The minimum absolute atomic E-state index is 0.0554. The van der Waals surface area contributed by atoms with Crippen LogP contribution in [0.4, 0.5) is 0 Å². The van der Waals surface area contributed by atoms with E-state index in [1.54, 1.807) is 0 Å². The van der Waals surface area contributed by atoms with E-state index in [1.807, 2.05) is 19.1 Å². The minimum Gasteiger partial charge on any atom is -0.388 e. The molecule has 0 atom stereocenters. The normalized spacial score (nSPS) is 11.0. The van der Waals surface area contributed by atoms with Crippen LogP contribution >= 0.6 is 15.9 Å². The molecule has 0 spiro atoms. The van der Waals surface area contributed by atoms with E-state index in [0.717, 1.165) is 21.1 Å². The highest BCUT2D eigenvalue weighted by atomic mass is 79.9. The van der Waals surface area contributed by atoms with Gasteiger partial charge in [0.05, 0.1) is 5.52 Å². The van der Waals surface area contributed by atoms with Crippen molar-refractivity contribution in [2.45, 2.75) is 13.5 Å². The summed E-state index contributed by atoms with van der Waals surface area (Å²) in [5.74, 6) is 0.598. The van der Waals surface area contributed by atoms with Gasteiger partial charge < -0.3 is 10.1 Å². The van der Waals surface area contributed by atoms with Gasteiger partial charge in [-0.15, -0.1) is 0 Å². The maximum atomic E-state index is 8.89. The summed E-state index contributed by atoms with van der Waals surface area (Å²) < 4.78 is 0.957. The van der Waals surface area contributed by atoms with Crippen LogP contribution in [0.1, 0.15) is 11.4 Å². The first-order valence-electron chi connectivity index (χ1n) is 3.96. The maximum Gasteiger partial charge on any atom is 0.133 e. The quantitative estimate of drug-likeness (QED) is 0.803. The van der Waals surface area contributed by atoms with Crippen LogP contribution in [0.2, 0.25) is 0 Å². The van der Waals surface area contributed by atoms with E-state index < -0.39 is 0 Å². The number of aliphatic hydroxyl groups excluding tert-OH is 1. The molecule has 0 radical (unpaired) electrons. The fraction of sp³-hybridized carbons (Fsp3) is 0.222. The molecule has 0 amide bonds. The Labute approximate surface area is 83.9 Å². The zero-order valence-corrected chi connectivity index (χ0v) is 8.72. The van der Waals surface area contributed by atoms with Crippen LogP contribution in [0.5, 0.6) is 0 Å². The lowest BCUT2D eigenvalue weighted by molar-refractivity contribution is 0.273. The van der Waals surface area contributed by atoms with Gasteiger partial charge in [0.1, 0.15) is 17.9 Å². The van der Waals surface area contributed by atoms with Gasteiger partial charge in [0.25, 0.3) is 0 Å². The lowest BCUT2D eigenvalue weighted by Gasteiger charge is -1.94. The summed E-state index contributed by atoms with van der Waals surface area (Å²) >= 11 is 3.43. The second kappa shape index (κ2) is 3.12. The van der Waals surface area contributed by atoms with Crippen LogP contribution < -0.4 is 0 Å². The standard InChI is InChI=1S/C9H9BrN2O/c1-5-2-6(10)9-7(3-5)11-8(4-13)12-9/h2-3,13H,4H2,1H3,(H,11,12). The summed E-state index contributed by atoms with van der Waals surface area (Å²) in [7, 11) is 0. The molecule has 2 N–H and O–H groups in total. The van der Waals surface area contributed by atoms with E-state index >= 15 is 0 Å². The number of aromatic nitrogens is 2. The van der Waals surface area contributed by atoms with Crippen LogP contribution in [0.25, 0.3) is 11.0 Å². The summed E-state index contributed by atoms with van der Waals surface area (Å²) in [5, 5.41) is 8.89. The molecule has 2 rings (SSSR count). The van der Waals surface area contributed by atoms with Crippen molar-refractivity contribution < 1.29 is 5.11 Å². The van der Waals surface area contributed by atoms with Crippen molar-refractivity contribution in [1.82, 2.24) is 9.97 Å². The smallest absolute Gasteiger partial charge is 0.133 e. The van der Waals surface area contributed by atoms with Crippen molar-refractivity contribution in [1.29, 1.82) is 0 Å². The number of benzene rings is 1. The zero-order chi connectivity index (χ0) is 9.42. The van der Waals surface area contributed by atoms with Gasteiger partial charge in [0, 0.05) is 4.47 Å². The van der Waals surface area contributed by atoms with Gasteiger partial charge in [-0.2, -0.15) is 0 Å². The van der Waals surface area contributed by atoms with E-state index in [0.29, 0.717) is 5.82 Å². The van der Waals surface area contributed by atoms with Crippen molar-refractivity contribution in [2.75, 3.05) is 0 Å². The molecule has 0 bridgehead atoms. The first kappa shape index (κ1) is 8.72.